The van der Waals surface area contributed by atoms with Gasteiger partial charge < -0.3 is 10.0 Å². The van der Waals surface area contributed by atoms with Crippen molar-refractivity contribution in [1.82, 2.24) is 9.80 Å². The van der Waals surface area contributed by atoms with E-state index in [-0.39, 0.29) is 18.5 Å². The molecule has 1 aliphatic heterocycles. The topological polar surface area (TPSA) is 60.9 Å². The van der Waals surface area contributed by atoms with Crippen molar-refractivity contribution in [3.8, 4) is 0 Å². The van der Waals surface area contributed by atoms with Crippen molar-refractivity contribution in [2.45, 2.75) is 37.6 Å². The molecule has 1 aromatic carbocycles. The van der Waals surface area contributed by atoms with E-state index < -0.39 is 5.97 Å². The third-order valence-electron chi connectivity index (χ3n) is 4.46. The lowest BCUT2D eigenvalue weighted by Gasteiger charge is -2.37. The molecule has 0 radical (unpaired) electrons. The zero-order chi connectivity index (χ0) is 17.5. The molecule has 1 heterocycles. The van der Waals surface area contributed by atoms with Gasteiger partial charge in [-0.3, -0.25) is 14.5 Å². The summed E-state index contributed by atoms with van der Waals surface area (Å²) in [6.07, 6.45) is 1.70. The lowest BCUT2D eigenvalue weighted by atomic mass is 10.0. The normalized spacial score (nSPS) is 15.7. The summed E-state index contributed by atoms with van der Waals surface area (Å²) in [4.78, 5) is 28.3. The fourth-order valence-corrected chi connectivity index (χ4v) is 3.83. The van der Waals surface area contributed by atoms with E-state index in [2.05, 4.69) is 12.1 Å². The third-order valence-corrected chi connectivity index (χ3v) is 5.46. The van der Waals surface area contributed by atoms with E-state index in [4.69, 9.17) is 5.11 Å². The Kier molecular flexibility index (Phi) is 7.12. The zero-order valence-corrected chi connectivity index (χ0v) is 15.2. The van der Waals surface area contributed by atoms with Gasteiger partial charge in [0.15, 0.2) is 0 Å². The average Bonchev–Trinajstić information content (AvgIpc) is 2.59. The van der Waals surface area contributed by atoms with Crippen molar-refractivity contribution in [2.75, 3.05) is 31.9 Å². The summed E-state index contributed by atoms with van der Waals surface area (Å²) < 4.78 is 0. The highest BCUT2D eigenvalue weighted by atomic mass is 32.2. The van der Waals surface area contributed by atoms with Crippen LogP contribution in [0.1, 0.15) is 25.3 Å². The minimum atomic E-state index is -0.787. The van der Waals surface area contributed by atoms with Crippen molar-refractivity contribution in [2.24, 2.45) is 0 Å². The van der Waals surface area contributed by atoms with Crippen LogP contribution in [0.15, 0.2) is 29.2 Å². The van der Waals surface area contributed by atoms with E-state index in [1.807, 2.05) is 35.8 Å². The van der Waals surface area contributed by atoms with Crippen LogP contribution in [0.4, 0.5) is 0 Å². The Morgan fingerprint density at radius 1 is 1.25 bits per heavy atom. The summed E-state index contributed by atoms with van der Waals surface area (Å²) in [7, 11) is 0. The number of hydrogen-bond donors (Lipinski definition) is 1. The van der Waals surface area contributed by atoms with E-state index in [1.165, 1.54) is 5.56 Å². The van der Waals surface area contributed by atoms with Gasteiger partial charge in [-0.15, -0.1) is 11.8 Å². The maximum absolute atomic E-state index is 12.4. The van der Waals surface area contributed by atoms with Gasteiger partial charge in [-0.25, -0.2) is 0 Å². The number of aliphatic carboxylic acids is 1. The predicted molar refractivity (Wildman–Crippen MR) is 96.4 cm³/mol. The maximum atomic E-state index is 12.4. The number of aryl methyl sites for hydroxylation is 1. The number of hydrogen-bond acceptors (Lipinski definition) is 4. The van der Waals surface area contributed by atoms with Crippen LogP contribution in [0.25, 0.3) is 0 Å². The van der Waals surface area contributed by atoms with Gasteiger partial charge in [0.25, 0.3) is 0 Å². The van der Waals surface area contributed by atoms with Crippen molar-refractivity contribution in [1.29, 1.82) is 0 Å². The molecule has 0 saturated carbocycles. The van der Waals surface area contributed by atoms with Crippen LogP contribution in [0.3, 0.4) is 0 Å². The highest BCUT2D eigenvalue weighted by Crippen LogP contribution is 2.21. The third kappa shape index (κ3) is 5.53. The maximum Gasteiger partial charge on any atom is 0.317 e. The largest absolute Gasteiger partial charge is 0.480 e. The van der Waals surface area contributed by atoms with Gasteiger partial charge in [0.2, 0.25) is 5.91 Å². The second-order valence-corrected chi connectivity index (χ2v) is 7.22. The summed E-state index contributed by atoms with van der Waals surface area (Å²) in [5.74, 6) is -0.162. The standard InChI is InChI=1S/C18H26N2O3S/c1-3-19(12-18(22)23)15-8-10-20(11-9-15)17(21)13-24-16-6-4-14(2)5-7-16/h4-7,15H,3,8-13H2,1-2H3,(H,22,23). The summed E-state index contributed by atoms with van der Waals surface area (Å²) >= 11 is 1.57. The molecule has 6 heteroatoms. The average molecular weight is 350 g/mol. The van der Waals surface area contributed by atoms with Gasteiger partial charge in [-0.05, 0) is 38.4 Å². The molecule has 1 fully saturated rings. The van der Waals surface area contributed by atoms with Crippen LogP contribution >= 0.6 is 11.8 Å². The Labute approximate surface area is 148 Å². The molecule has 1 N–H and O–H groups in total. The number of carbonyl (C=O) groups is 2. The molecular formula is C18H26N2O3S. The summed E-state index contributed by atoms with van der Waals surface area (Å²) in [5, 5.41) is 8.97. The number of carbonyl (C=O) groups excluding carboxylic acids is 1. The summed E-state index contributed by atoms with van der Waals surface area (Å²) in [5.41, 5.74) is 1.22. The van der Waals surface area contributed by atoms with Crippen LogP contribution in [-0.4, -0.2) is 64.8 Å². The molecule has 1 saturated heterocycles. The first kappa shape index (κ1) is 18.8. The first-order valence-electron chi connectivity index (χ1n) is 8.42. The van der Waals surface area contributed by atoms with E-state index >= 15 is 0 Å². The summed E-state index contributed by atoms with van der Waals surface area (Å²) in [6.45, 7) is 6.28. The van der Waals surface area contributed by atoms with Crippen molar-refractivity contribution in [3.05, 3.63) is 29.8 Å². The van der Waals surface area contributed by atoms with E-state index in [0.717, 1.165) is 24.3 Å². The number of benzene rings is 1. The number of likely N-dealkylation sites (tertiary alicyclic amines) is 1. The number of carboxylic acid groups (broad SMARTS) is 1. The molecule has 0 bridgehead atoms. The van der Waals surface area contributed by atoms with Crippen LogP contribution in [-0.2, 0) is 9.59 Å². The Hall–Kier alpha value is -1.53. The molecule has 0 spiro atoms. The number of nitrogens with zero attached hydrogens (tertiary/aromatic N) is 2. The zero-order valence-electron chi connectivity index (χ0n) is 14.4. The first-order chi connectivity index (χ1) is 11.5. The van der Waals surface area contributed by atoms with Gasteiger partial charge in [0.1, 0.15) is 0 Å². The van der Waals surface area contributed by atoms with E-state index in [9.17, 15) is 9.59 Å². The molecule has 0 atom stereocenters. The highest BCUT2D eigenvalue weighted by Gasteiger charge is 2.27. The predicted octanol–water partition coefficient (Wildman–Crippen LogP) is 2.48. The Balaban J connectivity index is 1.77. The van der Waals surface area contributed by atoms with Gasteiger partial charge in [0.05, 0.1) is 12.3 Å². The Morgan fingerprint density at radius 2 is 1.88 bits per heavy atom. The lowest BCUT2D eigenvalue weighted by molar-refractivity contribution is -0.140. The molecule has 1 amide bonds. The molecule has 2 rings (SSSR count). The van der Waals surface area contributed by atoms with Crippen LogP contribution in [0.2, 0.25) is 0 Å². The molecule has 1 aromatic rings. The Morgan fingerprint density at radius 3 is 2.42 bits per heavy atom. The van der Waals surface area contributed by atoms with Gasteiger partial charge in [-0.2, -0.15) is 0 Å². The minimum absolute atomic E-state index is 0.0817. The van der Waals surface area contributed by atoms with Gasteiger partial charge in [-0.1, -0.05) is 24.6 Å². The summed E-state index contributed by atoms with van der Waals surface area (Å²) in [6, 6.07) is 8.47. The van der Waals surface area contributed by atoms with Crippen LogP contribution in [0, 0.1) is 6.92 Å². The Bertz CT molecular complexity index is 554. The van der Waals surface area contributed by atoms with Gasteiger partial charge in [0, 0.05) is 24.0 Å². The molecule has 1 aliphatic rings. The first-order valence-corrected chi connectivity index (χ1v) is 9.41. The number of thioether (sulfide) groups is 1. The number of carboxylic acids is 1. The van der Waals surface area contributed by atoms with E-state index in [0.29, 0.717) is 18.8 Å². The van der Waals surface area contributed by atoms with E-state index in [1.54, 1.807) is 11.8 Å². The minimum Gasteiger partial charge on any atom is -0.480 e. The second-order valence-electron chi connectivity index (χ2n) is 6.17. The lowest BCUT2D eigenvalue weighted by Crippen LogP contribution is -2.48. The molecule has 5 nitrogen and oxygen atoms in total. The fourth-order valence-electron chi connectivity index (χ4n) is 3.02. The molecule has 0 aliphatic carbocycles. The van der Waals surface area contributed by atoms with Crippen LogP contribution < -0.4 is 0 Å². The number of piperidine rings is 1. The monoisotopic (exact) mass is 350 g/mol. The molecule has 0 unspecified atom stereocenters. The SMILES string of the molecule is CCN(CC(=O)O)C1CCN(C(=O)CSc2ccc(C)cc2)CC1. The number of amides is 1. The number of likely N-dealkylation sites (N-methyl/N-ethyl adjacent to an activating group) is 1. The van der Waals surface area contributed by atoms with Crippen LogP contribution in [0.5, 0.6) is 0 Å². The highest BCUT2D eigenvalue weighted by molar-refractivity contribution is 8.00. The molecule has 132 valence electrons. The molecular weight excluding hydrogens is 324 g/mol. The number of rotatable bonds is 7. The quantitative estimate of drug-likeness (QED) is 0.766. The second kappa shape index (κ2) is 9.08. The molecule has 0 aromatic heterocycles. The van der Waals surface area contributed by atoms with Crippen molar-refractivity contribution < 1.29 is 14.7 Å². The van der Waals surface area contributed by atoms with Crippen molar-refractivity contribution >= 4 is 23.6 Å². The molecule has 24 heavy (non-hydrogen) atoms. The fraction of sp³-hybridized carbons (Fsp3) is 0.556. The van der Waals surface area contributed by atoms with Crippen molar-refractivity contribution in [3.63, 3.8) is 0 Å². The van der Waals surface area contributed by atoms with Gasteiger partial charge >= 0.3 is 5.97 Å². The smallest absolute Gasteiger partial charge is 0.317 e.